The Kier molecular flexibility index (Phi) is 5.21. The van der Waals surface area contributed by atoms with Gasteiger partial charge in [0.15, 0.2) is 0 Å². The van der Waals surface area contributed by atoms with Crippen LogP contribution < -0.4 is 0 Å². The van der Waals surface area contributed by atoms with E-state index in [2.05, 4.69) is 21.0 Å². The van der Waals surface area contributed by atoms with Gasteiger partial charge in [-0.25, -0.2) is 0 Å². The van der Waals surface area contributed by atoms with Crippen LogP contribution in [0.5, 0.6) is 0 Å². The van der Waals surface area contributed by atoms with Crippen molar-refractivity contribution in [3.8, 4) is 0 Å². The average Bonchev–Trinajstić information content (AvgIpc) is 2.80. The van der Waals surface area contributed by atoms with Crippen molar-refractivity contribution in [3.63, 3.8) is 0 Å². The standard InChI is InChI=1S/C14H16BrClN2O2/c1-9-10(4-3-5-12(9)16)14(19)13-11(15)8-17-18(13)6-7-20-2/h3-5,8,14,19H,6-7H2,1-2H3. The Labute approximate surface area is 131 Å². The smallest absolute Gasteiger partial charge is 0.122 e. The zero-order valence-corrected chi connectivity index (χ0v) is 13.6. The van der Waals surface area contributed by atoms with Crippen molar-refractivity contribution in [2.45, 2.75) is 19.6 Å². The molecule has 0 fully saturated rings. The van der Waals surface area contributed by atoms with Crippen molar-refractivity contribution in [1.82, 2.24) is 9.78 Å². The number of aliphatic hydroxyl groups excluding tert-OH is 1. The third-order valence-electron chi connectivity index (χ3n) is 3.20. The van der Waals surface area contributed by atoms with Gasteiger partial charge in [0.1, 0.15) is 6.10 Å². The molecule has 2 rings (SSSR count). The fourth-order valence-electron chi connectivity index (χ4n) is 2.07. The van der Waals surface area contributed by atoms with E-state index in [1.54, 1.807) is 18.0 Å². The lowest BCUT2D eigenvalue weighted by Gasteiger charge is -2.17. The van der Waals surface area contributed by atoms with Crippen LogP contribution in [0.1, 0.15) is 22.9 Å². The van der Waals surface area contributed by atoms with Crippen LogP contribution in [0.3, 0.4) is 0 Å². The summed E-state index contributed by atoms with van der Waals surface area (Å²) >= 11 is 9.55. The van der Waals surface area contributed by atoms with Crippen molar-refractivity contribution in [1.29, 1.82) is 0 Å². The quantitative estimate of drug-likeness (QED) is 0.890. The number of hydrogen-bond donors (Lipinski definition) is 1. The fourth-order valence-corrected chi connectivity index (χ4v) is 2.76. The number of rotatable bonds is 5. The number of nitrogens with zero attached hydrogens (tertiary/aromatic N) is 2. The normalized spacial score (nSPS) is 12.7. The summed E-state index contributed by atoms with van der Waals surface area (Å²) in [5, 5.41) is 15.5. The van der Waals surface area contributed by atoms with Crippen LogP contribution in [0.2, 0.25) is 5.02 Å². The molecule has 1 unspecified atom stereocenters. The third kappa shape index (κ3) is 3.06. The maximum absolute atomic E-state index is 10.7. The van der Waals surface area contributed by atoms with Crippen LogP contribution in [0.15, 0.2) is 28.9 Å². The SMILES string of the molecule is COCCn1ncc(Br)c1C(O)c1cccc(Cl)c1C. The second-order valence-corrected chi connectivity index (χ2v) is 5.71. The molecule has 0 spiro atoms. The molecule has 0 saturated carbocycles. The van der Waals surface area contributed by atoms with E-state index >= 15 is 0 Å². The Balaban J connectivity index is 2.40. The maximum atomic E-state index is 10.7. The van der Waals surface area contributed by atoms with E-state index in [9.17, 15) is 5.11 Å². The maximum Gasteiger partial charge on any atom is 0.122 e. The molecule has 1 aromatic carbocycles. The Bertz CT molecular complexity index is 601. The summed E-state index contributed by atoms with van der Waals surface area (Å²) in [6, 6.07) is 5.51. The number of benzene rings is 1. The van der Waals surface area contributed by atoms with E-state index < -0.39 is 6.10 Å². The highest BCUT2D eigenvalue weighted by Gasteiger charge is 2.21. The summed E-state index contributed by atoms with van der Waals surface area (Å²) in [4.78, 5) is 0. The molecule has 0 aliphatic heterocycles. The van der Waals surface area contributed by atoms with E-state index in [1.807, 2.05) is 25.1 Å². The summed E-state index contributed by atoms with van der Waals surface area (Å²) in [7, 11) is 1.63. The number of aliphatic hydroxyl groups is 1. The molecule has 0 saturated heterocycles. The first-order chi connectivity index (χ1) is 9.56. The largest absolute Gasteiger partial charge is 0.383 e. The van der Waals surface area contributed by atoms with Crippen molar-refractivity contribution in [3.05, 3.63) is 50.7 Å². The first-order valence-corrected chi connectivity index (χ1v) is 7.36. The predicted molar refractivity (Wildman–Crippen MR) is 82.1 cm³/mol. The van der Waals surface area contributed by atoms with Gasteiger partial charge in [-0.2, -0.15) is 5.10 Å². The van der Waals surface area contributed by atoms with E-state index in [-0.39, 0.29) is 0 Å². The summed E-state index contributed by atoms with van der Waals surface area (Å²) < 4.78 is 7.56. The minimum Gasteiger partial charge on any atom is -0.383 e. The van der Waals surface area contributed by atoms with Crippen LogP contribution in [-0.2, 0) is 11.3 Å². The molecule has 0 aliphatic carbocycles. The van der Waals surface area contributed by atoms with Gasteiger partial charge in [-0.05, 0) is 40.0 Å². The average molecular weight is 360 g/mol. The molecule has 2 aromatic rings. The van der Waals surface area contributed by atoms with E-state index in [0.29, 0.717) is 23.9 Å². The minimum absolute atomic E-state index is 0.530. The van der Waals surface area contributed by atoms with E-state index in [0.717, 1.165) is 15.6 Å². The van der Waals surface area contributed by atoms with Gasteiger partial charge in [0.25, 0.3) is 0 Å². The van der Waals surface area contributed by atoms with Gasteiger partial charge in [-0.3, -0.25) is 4.68 Å². The highest BCUT2D eigenvalue weighted by atomic mass is 79.9. The first-order valence-electron chi connectivity index (χ1n) is 6.19. The van der Waals surface area contributed by atoms with Crippen LogP contribution in [-0.4, -0.2) is 28.6 Å². The molecule has 6 heteroatoms. The van der Waals surface area contributed by atoms with Crippen LogP contribution in [0.4, 0.5) is 0 Å². The Morgan fingerprint density at radius 3 is 2.95 bits per heavy atom. The number of aromatic nitrogens is 2. The van der Waals surface area contributed by atoms with Crippen molar-refractivity contribution < 1.29 is 9.84 Å². The lowest BCUT2D eigenvalue weighted by molar-refractivity contribution is 0.171. The van der Waals surface area contributed by atoms with E-state index in [1.165, 1.54) is 0 Å². The molecule has 108 valence electrons. The van der Waals surface area contributed by atoms with Gasteiger partial charge in [0.05, 0.1) is 29.5 Å². The Morgan fingerprint density at radius 1 is 1.50 bits per heavy atom. The van der Waals surface area contributed by atoms with Gasteiger partial charge in [0.2, 0.25) is 0 Å². The third-order valence-corrected chi connectivity index (χ3v) is 4.22. The Morgan fingerprint density at radius 2 is 2.25 bits per heavy atom. The molecule has 0 bridgehead atoms. The highest BCUT2D eigenvalue weighted by Crippen LogP contribution is 2.32. The molecule has 4 nitrogen and oxygen atoms in total. The topological polar surface area (TPSA) is 47.3 Å². The van der Waals surface area contributed by atoms with Gasteiger partial charge < -0.3 is 9.84 Å². The molecular formula is C14H16BrClN2O2. The number of ether oxygens (including phenoxy) is 1. The van der Waals surface area contributed by atoms with Gasteiger partial charge in [-0.15, -0.1) is 0 Å². The van der Waals surface area contributed by atoms with Gasteiger partial charge in [0, 0.05) is 12.1 Å². The van der Waals surface area contributed by atoms with Gasteiger partial charge >= 0.3 is 0 Å². The Hall–Kier alpha value is -0.880. The molecule has 1 heterocycles. The molecule has 0 aliphatic rings. The summed E-state index contributed by atoms with van der Waals surface area (Å²) in [6.45, 7) is 3.00. The second kappa shape index (κ2) is 6.72. The number of hydrogen-bond acceptors (Lipinski definition) is 3. The summed E-state index contributed by atoms with van der Waals surface area (Å²) in [5.41, 5.74) is 2.35. The van der Waals surface area contributed by atoms with Crippen molar-refractivity contribution in [2.75, 3.05) is 13.7 Å². The predicted octanol–water partition coefficient (Wildman–Crippen LogP) is 3.34. The molecule has 0 amide bonds. The van der Waals surface area contributed by atoms with Crippen molar-refractivity contribution in [2.24, 2.45) is 0 Å². The number of methoxy groups -OCH3 is 1. The van der Waals surface area contributed by atoms with Crippen LogP contribution in [0, 0.1) is 6.92 Å². The molecule has 20 heavy (non-hydrogen) atoms. The zero-order valence-electron chi connectivity index (χ0n) is 11.3. The highest BCUT2D eigenvalue weighted by molar-refractivity contribution is 9.10. The lowest BCUT2D eigenvalue weighted by atomic mass is 10.0. The molecule has 1 atom stereocenters. The summed E-state index contributed by atoms with van der Waals surface area (Å²) in [5.74, 6) is 0. The van der Waals surface area contributed by atoms with Crippen molar-refractivity contribution >= 4 is 27.5 Å². The van der Waals surface area contributed by atoms with Crippen LogP contribution in [0.25, 0.3) is 0 Å². The fraction of sp³-hybridized carbons (Fsp3) is 0.357. The minimum atomic E-state index is -0.789. The molecule has 1 aromatic heterocycles. The second-order valence-electron chi connectivity index (χ2n) is 4.45. The zero-order chi connectivity index (χ0) is 14.7. The first kappa shape index (κ1) is 15.5. The van der Waals surface area contributed by atoms with Crippen LogP contribution >= 0.6 is 27.5 Å². The lowest BCUT2D eigenvalue weighted by Crippen LogP contribution is -2.14. The number of halogens is 2. The monoisotopic (exact) mass is 358 g/mol. The molecule has 0 radical (unpaired) electrons. The van der Waals surface area contributed by atoms with Gasteiger partial charge in [-0.1, -0.05) is 23.7 Å². The molecule has 1 N–H and O–H groups in total. The summed E-state index contributed by atoms with van der Waals surface area (Å²) in [6.07, 6.45) is 0.885. The van der Waals surface area contributed by atoms with E-state index in [4.69, 9.17) is 16.3 Å². The molecular weight excluding hydrogens is 344 g/mol.